The van der Waals surface area contributed by atoms with E-state index in [1.165, 1.54) is 28.6 Å². The van der Waals surface area contributed by atoms with Gasteiger partial charge in [-0.2, -0.15) is 0 Å². The highest BCUT2D eigenvalue weighted by molar-refractivity contribution is 7.92. The van der Waals surface area contributed by atoms with Crippen LogP contribution in [0.1, 0.15) is 33.2 Å². The number of hydrogen-bond acceptors (Lipinski definition) is 5. The van der Waals surface area contributed by atoms with Crippen molar-refractivity contribution < 1.29 is 27.1 Å². The maximum Gasteiger partial charge on any atom is 0.338 e. The van der Waals surface area contributed by atoms with Gasteiger partial charge in [0.25, 0.3) is 0 Å². The number of fused-ring (bicyclic) bond motifs is 1. The van der Waals surface area contributed by atoms with Crippen LogP contribution in [-0.2, 0) is 21.2 Å². The second kappa shape index (κ2) is 7.11. The molecule has 27 heavy (non-hydrogen) atoms. The molecule has 0 amide bonds. The summed E-state index contributed by atoms with van der Waals surface area (Å²) in [7, 11) is -3.41. The molecule has 0 saturated heterocycles. The van der Waals surface area contributed by atoms with E-state index in [2.05, 4.69) is 0 Å². The summed E-state index contributed by atoms with van der Waals surface area (Å²) >= 11 is 0. The first-order valence-electron chi connectivity index (χ1n) is 8.25. The van der Waals surface area contributed by atoms with E-state index in [0.717, 1.165) is 17.9 Å². The molecule has 2 aromatic rings. The Hall–Kier alpha value is -2.74. The van der Waals surface area contributed by atoms with Crippen LogP contribution in [0.15, 0.2) is 42.5 Å². The fourth-order valence-corrected chi connectivity index (χ4v) is 4.46. The molecule has 0 unspecified atom stereocenters. The van der Waals surface area contributed by atoms with Crippen LogP contribution in [0, 0.1) is 5.82 Å². The van der Waals surface area contributed by atoms with Gasteiger partial charge in [-0.1, -0.05) is 12.1 Å². The molecule has 0 radical (unpaired) electrons. The average molecular weight is 391 g/mol. The van der Waals surface area contributed by atoms with Crippen LogP contribution in [0.4, 0.5) is 10.1 Å². The molecule has 1 aliphatic heterocycles. The molecular formula is C19H18FNO5S. The molecule has 2 aromatic carbocycles. The Morgan fingerprint density at radius 2 is 1.93 bits per heavy atom. The van der Waals surface area contributed by atoms with E-state index < -0.39 is 34.2 Å². The minimum absolute atomic E-state index is 0.120. The van der Waals surface area contributed by atoms with Crippen LogP contribution in [0.5, 0.6) is 0 Å². The Morgan fingerprint density at radius 1 is 1.19 bits per heavy atom. The van der Waals surface area contributed by atoms with E-state index in [1.807, 2.05) is 0 Å². The number of hydrogen-bond donors (Lipinski definition) is 0. The molecular weight excluding hydrogens is 373 g/mol. The number of nitrogens with zero attached hydrogens (tertiary/aromatic N) is 1. The molecule has 1 aliphatic rings. The van der Waals surface area contributed by atoms with Crippen molar-refractivity contribution in [2.24, 2.45) is 0 Å². The maximum atomic E-state index is 13.2. The largest absolute Gasteiger partial charge is 0.454 e. The third-order valence-corrected chi connectivity index (χ3v) is 5.58. The van der Waals surface area contributed by atoms with Crippen molar-refractivity contribution in [2.45, 2.75) is 19.4 Å². The van der Waals surface area contributed by atoms with Crippen LogP contribution < -0.4 is 4.31 Å². The van der Waals surface area contributed by atoms with E-state index in [9.17, 15) is 22.4 Å². The lowest BCUT2D eigenvalue weighted by molar-refractivity contribution is 0.0474. The summed E-state index contributed by atoms with van der Waals surface area (Å²) < 4.78 is 43.4. The summed E-state index contributed by atoms with van der Waals surface area (Å²) in [5.41, 5.74) is 1.61. The maximum absolute atomic E-state index is 13.2. The number of ketones is 1. The van der Waals surface area contributed by atoms with E-state index in [-0.39, 0.29) is 17.2 Å². The van der Waals surface area contributed by atoms with E-state index in [4.69, 9.17) is 4.74 Å². The van der Waals surface area contributed by atoms with Crippen LogP contribution in [-0.4, -0.2) is 39.1 Å². The first-order valence-corrected chi connectivity index (χ1v) is 10.1. The Labute approximate surface area is 156 Å². The van der Waals surface area contributed by atoms with Gasteiger partial charge in [0.2, 0.25) is 10.0 Å². The van der Waals surface area contributed by atoms with Crippen molar-refractivity contribution in [1.29, 1.82) is 0 Å². The third-order valence-electron chi connectivity index (χ3n) is 4.31. The van der Waals surface area contributed by atoms with Crippen LogP contribution >= 0.6 is 0 Å². The van der Waals surface area contributed by atoms with Gasteiger partial charge in [-0.05, 0) is 49.2 Å². The van der Waals surface area contributed by atoms with Crippen LogP contribution in [0.25, 0.3) is 0 Å². The third kappa shape index (κ3) is 4.00. The van der Waals surface area contributed by atoms with Gasteiger partial charge < -0.3 is 4.74 Å². The normalized spacial score (nSPS) is 16.1. The molecule has 0 saturated carbocycles. The molecule has 142 valence electrons. The number of carbonyl (C=O) groups excluding carboxylic acids is 2. The monoisotopic (exact) mass is 391 g/mol. The van der Waals surface area contributed by atoms with Gasteiger partial charge in [-0.15, -0.1) is 0 Å². The zero-order valence-electron chi connectivity index (χ0n) is 14.8. The fourth-order valence-electron chi connectivity index (χ4n) is 3.19. The first kappa shape index (κ1) is 19.0. The van der Waals surface area contributed by atoms with Crippen molar-refractivity contribution in [3.63, 3.8) is 0 Å². The molecule has 0 spiro atoms. The van der Waals surface area contributed by atoms with Gasteiger partial charge in [-0.25, -0.2) is 17.6 Å². The van der Waals surface area contributed by atoms with Crippen molar-refractivity contribution in [2.75, 3.05) is 17.2 Å². The summed E-state index contributed by atoms with van der Waals surface area (Å²) in [5, 5.41) is 0. The number of benzene rings is 2. The molecule has 0 aliphatic carbocycles. The van der Waals surface area contributed by atoms with Crippen molar-refractivity contribution in [1.82, 2.24) is 0 Å². The summed E-state index contributed by atoms with van der Waals surface area (Å²) in [6.07, 6.45) is 1.62. The zero-order valence-corrected chi connectivity index (χ0v) is 15.6. The highest BCUT2D eigenvalue weighted by Gasteiger charge is 2.32. The molecule has 3 rings (SSSR count). The number of ether oxygens (including phenoxy) is 1. The number of sulfonamides is 1. The Balaban J connectivity index is 1.72. The fraction of sp³-hybridized carbons (Fsp3) is 0.263. The lowest BCUT2D eigenvalue weighted by atomic mass is 10.1. The average Bonchev–Trinajstić information content (AvgIpc) is 2.94. The lowest BCUT2D eigenvalue weighted by Gasteiger charge is -2.21. The second-order valence-corrected chi connectivity index (χ2v) is 8.32. The predicted octanol–water partition coefficient (Wildman–Crippen LogP) is 2.58. The molecule has 0 fully saturated rings. The van der Waals surface area contributed by atoms with Crippen molar-refractivity contribution in [3.8, 4) is 0 Å². The Morgan fingerprint density at radius 3 is 2.59 bits per heavy atom. The number of Topliss-reactive ketones (excluding diaryl/α,β-unsaturated/α-hetero) is 1. The number of carbonyl (C=O) groups is 2. The standard InChI is InChI=1S/C19H18FNO5S/c1-12-8-15-9-14(6-7-17(15)21(12)27(2,24)25)19(23)26-11-18(22)13-4-3-5-16(20)10-13/h3-7,9-10,12H,8,11H2,1-2H3/t12-/m0/s1. The summed E-state index contributed by atoms with van der Waals surface area (Å²) in [4.78, 5) is 24.2. The summed E-state index contributed by atoms with van der Waals surface area (Å²) in [6, 6.07) is 9.49. The van der Waals surface area contributed by atoms with Crippen LogP contribution in [0.2, 0.25) is 0 Å². The van der Waals surface area contributed by atoms with Crippen molar-refractivity contribution >= 4 is 27.5 Å². The van der Waals surface area contributed by atoms with Crippen molar-refractivity contribution in [3.05, 3.63) is 65.0 Å². The highest BCUT2D eigenvalue weighted by atomic mass is 32.2. The molecule has 0 aromatic heterocycles. The SMILES string of the molecule is C[C@H]1Cc2cc(C(=O)OCC(=O)c3cccc(F)c3)ccc2N1S(C)(=O)=O. The van der Waals surface area contributed by atoms with E-state index >= 15 is 0 Å². The van der Waals surface area contributed by atoms with Gasteiger partial charge >= 0.3 is 5.97 Å². The molecule has 0 bridgehead atoms. The Bertz CT molecular complexity index is 1020. The minimum Gasteiger partial charge on any atom is -0.454 e. The molecule has 1 atom stereocenters. The van der Waals surface area contributed by atoms with E-state index in [1.54, 1.807) is 19.1 Å². The van der Waals surface area contributed by atoms with Gasteiger partial charge in [-0.3, -0.25) is 9.10 Å². The smallest absolute Gasteiger partial charge is 0.338 e. The molecule has 8 heteroatoms. The second-order valence-electron chi connectivity index (χ2n) is 6.47. The molecule has 6 nitrogen and oxygen atoms in total. The predicted molar refractivity (Wildman–Crippen MR) is 97.9 cm³/mol. The van der Waals surface area contributed by atoms with Gasteiger partial charge in [0.1, 0.15) is 5.82 Å². The number of esters is 1. The summed E-state index contributed by atoms with van der Waals surface area (Å²) in [6.45, 7) is 1.28. The van der Waals surface area contributed by atoms with Gasteiger partial charge in [0, 0.05) is 11.6 Å². The molecule has 0 N–H and O–H groups in total. The number of rotatable bonds is 5. The van der Waals surface area contributed by atoms with Crippen LogP contribution in [0.3, 0.4) is 0 Å². The number of anilines is 1. The highest BCUT2D eigenvalue weighted by Crippen LogP contribution is 2.34. The number of halogens is 1. The van der Waals surface area contributed by atoms with Gasteiger partial charge in [0.15, 0.2) is 12.4 Å². The minimum atomic E-state index is -3.41. The summed E-state index contributed by atoms with van der Waals surface area (Å²) in [5.74, 6) is -1.76. The topological polar surface area (TPSA) is 80.8 Å². The quantitative estimate of drug-likeness (QED) is 0.578. The van der Waals surface area contributed by atoms with E-state index in [0.29, 0.717) is 12.1 Å². The Kier molecular flexibility index (Phi) is 5.01. The van der Waals surface area contributed by atoms with Gasteiger partial charge in [0.05, 0.1) is 17.5 Å². The first-order chi connectivity index (χ1) is 12.7. The lowest BCUT2D eigenvalue weighted by Crippen LogP contribution is -2.34. The molecule has 1 heterocycles. The zero-order chi connectivity index (χ0) is 19.8.